The van der Waals surface area contributed by atoms with E-state index in [1.165, 1.54) is 0 Å². The Morgan fingerprint density at radius 3 is 2.44 bits per heavy atom. The number of fused-ring (bicyclic) bond motifs is 1. The molecule has 2 aliphatic heterocycles. The largest absolute Gasteiger partial charge is 0.480 e. The molecule has 7 nitrogen and oxygen atoms in total. The van der Waals surface area contributed by atoms with Gasteiger partial charge in [-0.15, -0.1) is 0 Å². The van der Waals surface area contributed by atoms with E-state index in [1.807, 2.05) is 39.8 Å². The van der Waals surface area contributed by atoms with E-state index in [0.29, 0.717) is 30.3 Å². The first-order valence-electron chi connectivity index (χ1n) is 12.5. The maximum atomic E-state index is 12.7. The Hall–Kier alpha value is -2.25. The molecular weight excluding hydrogens is 482 g/mol. The molecule has 2 saturated heterocycles. The van der Waals surface area contributed by atoms with E-state index in [1.54, 1.807) is 4.90 Å². The molecule has 1 aromatic carbocycles. The third kappa shape index (κ3) is 6.74. The summed E-state index contributed by atoms with van der Waals surface area (Å²) < 4.78 is 18.0. The van der Waals surface area contributed by atoms with Crippen LogP contribution in [0.2, 0.25) is 5.02 Å². The topological polar surface area (TPSA) is 85.3 Å². The van der Waals surface area contributed by atoms with Crippen molar-refractivity contribution in [3.63, 3.8) is 0 Å². The number of amides is 1. The van der Waals surface area contributed by atoms with Crippen molar-refractivity contribution in [1.82, 2.24) is 4.90 Å². The van der Waals surface area contributed by atoms with E-state index in [2.05, 4.69) is 27.4 Å². The standard InChI is InChI=1S/C28H40ClNO6/c1-16(2)19-11-17-14-30(26(33)36-28(6,7)8)10-9-22(17)35-24(19)20-12-18(27(3,4)5)13-21(29)25(20)34-15-23(31)32/h12-13,17,19,22,24H,1,9-11,14-15H2,2-8H3,(H,31,32)/t17-,19-,22+,24+/m1/s1. The molecule has 0 spiro atoms. The molecule has 2 fully saturated rings. The van der Waals surface area contributed by atoms with Crippen LogP contribution in [0.4, 0.5) is 4.79 Å². The summed E-state index contributed by atoms with van der Waals surface area (Å²) in [5, 5.41) is 9.60. The second-order valence-corrected chi connectivity index (χ2v) is 12.5. The lowest BCUT2D eigenvalue weighted by Crippen LogP contribution is -2.51. The number of likely N-dealkylation sites (tertiary alicyclic amines) is 1. The van der Waals surface area contributed by atoms with E-state index in [0.717, 1.165) is 23.1 Å². The minimum Gasteiger partial charge on any atom is -0.480 e. The van der Waals surface area contributed by atoms with E-state index in [4.69, 9.17) is 25.8 Å². The number of carbonyl (C=O) groups excluding carboxylic acids is 1. The minimum atomic E-state index is -1.08. The third-order valence-corrected chi connectivity index (χ3v) is 7.06. The highest BCUT2D eigenvalue weighted by molar-refractivity contribution is 6.32. The van der Waals surface area contributed by atoms with Gasteiger partial charge in [-0.1, -0.05) is 44.5 Å². The summed E-state index contributed by atoms with van der Waals surface area (Å²) in [6.07, 6.45) is 0.708. The van der Waals surface area contributed by atoms with Crippen LogP contribution in [0.25, 0.3) is 0 Å². The van der Waals surface area contributed by atoms with Gasteiger partial charge >= 0.3 is 12.1 Å². The first kappa shape index (κ1) is 28.3. The molecule has 0 aliphatic carbocycles. The zero-order valence-electron chi connectivity index (χ0n) is 22.5. The molecule has 4 atom stereocenters. The van der Waals surface area contributed by atoms with Gasteiger partial charge in [-0.25, -0.2) is 9.59 Å². The fourth-order valence-corrected chi connectivity index (χ4v) is 5.22. The average molecular weight is 522 g/mol. The summed E-state index contributed by atoms with van der Waals surface area (Å²) in [6, 6.07) is 3.86. The van der Waals surface area contributed by atoms with Crippen LogP contribution in [-0.4, -0.2) is 53.5 Å². The number of hydrogen-bond acceptors (Lipinski definition) is 5. The number of ether oxygens (including phenoxy) is 3. The molecule has 1 N–H and O–H groups in total. The van der Waals surface area contributed by atoms with E-state index in [-0.39, 0.29) is 35.6 Å². The lowest BCUT2D eigenvalue weighted by Gasteiger charge is -2.47. The molecule has 2 heterocycles. The Morgan fingerprint density at radius 1 is 1.22 bits per heavy atom. The molecule has 1 aromatic rings. The predicted molar refractivity (Wildman–Crippen MR) is 140 cm³/mol. The van der Waals surface area contributed by atoms with Gasteiger partial charge in [0.25, 0.3) is 0 Å². The molecule has 3 rings (SSSR count). The van der Waals surface area contributed by atoms with Crippen molar-refractivity contribution >= 4 is 23.7 Å². The van der Waals surface area contributed by atoms with Crippen molar-refractivity contribution in [2.45, 2.75) is 84.5 Å². The summed E-state index contributed by atoms with van der Waals surface area (Å²) in [6.45, 7) is 18.7. The summed E-state index contributed by atoms with van der Waals surface area (Å²) in [5.74, 6) is -0.655. The number of carbonyl (C=O) groups is 2. The van der Waals surface area contributed by atoms with Crippen LogP contribution in [0.3, 0.4) is 0 Å². The van der Waals surface area contributed by atoms with Crippen LogP contribution in [0.15, 0.2) is 24.3 Å². The fourth-order valence-electron chi connectivity index (χ4n) is 4.94. The molecule has 0 radical (unpaired) electrons. The Balaban J connectivity index is 1.94. The first-order valence-corrected chi connectivity index (χ1v) is 12.9. The lowest BCUT2D eigenvalue weighted by atomic mass is 9.75. The molecule has 0 bridgehead atoms. The third-order valence-electron chi connectivity index (χ3n) is 6.78. The monoisotopic (exact) mass is 521 g/mol. The maximum absolute atomic E-state index is 12.7. The van der Waals surface area contributed by atoms with Crippen LogP contribution < -0.4 is 4.74 Å². The SMILES string of the molecule is C=C(C)[C@H]1C[C@@H]2CN(C(=O)OC(C)(C)C)CC[C@@H]2O[C@@H]1c1cc(C(C)(C)C)cc(Cl)c1OCC(=O)O. The number of benzene rings is 1. The number of carboxylic acids is 1. The smallest absolute Gasteiger partial charge is 0.410 e. The van der Waals surface area contributed by atoms with Gasteiger partial charge in [-0.3, -0.25) is 0 Å². The molecule has 36 heavy (non-hydrogen) atoms. The lowest BCUT2D eigenvalue weighted by molar-refractivity contribution is -0.140. The second kappa shape index (κ2) is 10.6. The zero-order valence-corrected chi connectivity index (χ0v) is 23.3. The minimum absolute atomic E-state index is 0.0525. The molecule has 2 aliphatic rings. The Morgan fingerprint density at radius 2 is 1.89 bits per heavy atom. The van der Waals surface area contributed by atoms with Gasteiger partial charge in [0.05, 0.1) is 17.2 Å². The molecular formula is C28H40ClNO6. The Kier molecular flexibility index (Phi) is 8.36. The predicted octanol–water partition coefficient (Wildman–Crippen LogP) is 6.38. The van der Waals surface area contributed by atoms with Crippen molar-refractivity contribution in [2.24, 2.45) is 11.8 Å². The summed E-state index contributed by atoms with van der Waals surface area (Å²) in [5.41, 5.74) is 1.98. The van der Waals surface area contributed by atoms with Gasteiger partial charge in [0.15, 0.2) is 6.61 Å². The van der Waals surface area contributed by atoms with Gasteiger partial charge in [0, 0.05) is 30.5 Å². The van der Waals surface area contributed by atoms with Crippen LogP contribution >= 0.6 is 11.6 Å². The number of piperidine rings is 1. The first-order chi connectivity index (χ1) is 16.6. The van der Waals surface area contributed by atoms with Gasteiger partial charge in [-0.05, 0) is 63.6 Å². The number of rotatable bonds is 5. The fraction of sp³-hybridized carbons (Fsp3) is 0.643. The Bertz CT molecular complexity index is 1010. The van der Waals surface area contributed by atoms with Crippen molar-refractivity contribution in [3.05, 3.63) is 40.4 Å². The molecule has 0 unspecified atom stereocenters. The van der Waals surface area contributed by atoms with Gasteiger partial charge < -0.3 is 24.2 Å². The van der Waals surface area contributed by atoms with Crippen molar-refractivity contribution < 1.29 is 28.9 Å². The zero-order chi connectivity index (χ0) is 27.0. The Labute approximate surface area is 219 Å². The number of halogens is 1. The molecule has 0 aromatic heterocycles. The average Bonchev–Trinajstić information content (AvgIpc) is 2.74. The number of carboxylic acid groups (broad SMARTS) is 1. The van der Waals surface area contributed by atoms with Crippen LogP contribution in [0, 0.1) is 11.8 Å². The molecule has 1 amide bonds. The highest BCUT2D eigenvalue weighted by atomic mass is 35.5. The quantitative estimate of drug-likeness (QED) is 0.452. The normalized spacial score (nSPS) is 24.6. The molecule has 0 saturated carbocycles. The summed E-state index contributed by atoms with van der Waals surface area (Å²) in [7, 11) is 0. The van der Waals surface area contributed by atoms with E-state index < -0.39 is 18.2 Å². The van der Waals surface area contributed by atoms with Crippen LogP contribution in [0.5, 0.6) is 5.75 Å². The number of aliphatic carboxylic acids is 1. The molecule has 8 heteroatoms. The number of nitrogens with zero attached hydrogens (tertiary/aromatic N) is 1. The van der Waals surface area contributed by atoms with Crippen molar-refractivity contribution in [2.75, 3.05) is 19.7 Å². The van der Waals surface area contributed by atoms with Crippen LogP contribution in [0.1, 0.15) is 78.5 Å². The summed E-state index contributed by atoms with van der Waals surface area (Å²) in [4.78, 5) is 25.7. The molecule has 200 valence electrons. The van der Waals surface area contributed by atoms with E-state index in [9.17, 15) is 14.7 Å². The van der Waals surface area contributed by atoms with Crippen LogP contribution in [-0.2, 0) is 19.7 Å². The van der Waals surface area contributed by atoms with Crippen molar-refractivity contribution in [1.29, 1.82) is 0 Å². The highest BCUT2D eigenvalue weighted by Crippen LogP contribution is 2.49. The van der Waals surface area contributed by atoms with Gasteiger partial charge in [0.2, 0.25) is 0 Å². The van der Waals surface area contributed by atoms with Crippen molar-refractivity contribution in [3.8, 4) is 5.75 Å². The summed E-state index contributed by atoms with van der Waals surface area (Å²) >= 11 is 6.66. The number of hydrogen-bond donors (Lipinski definition) is 1. The van der Waals surface area contributed by atoms with Gasteiger partial charge in [0.1, 0.15) is 11.4 Å². The van der Waals surface area contributed by atoms with E-state index >= 15 is 0 Å². The van der Waals surface area contributed by atoms with Gasteiger partial charge in [-0.2, -0.15) is 0 Å². The highest BCUT2D eigenvalue weighted by Gasteiger charge is 2.44. The second-order valence-electron chi connectivity index (χ2n) is 12.1. The maximum Gasteiger partial charge on any atom is 0.410 e.